The van der Waals surface area contributed by atoms with Crippen LogP contribution in [0.4, 0.5) is 0 Å². The van der Waals surface area contributed by atoms with Crippen LogP contribution in [0.15, 0.2) is 46.9 Å². The molecular weight excluding hydrogens is 338 g/mol. The summed E-state index contributed by atoms with van der Waals surface area (Å²) in [5, 5.41) is 11.8. The Morgan fingerprint density at radius 1 is 1.26 bits per heavy atom. The molecule has 1 radical (unpaired) electrons. The number of aliphatic hydroxyl groups is 1. The number of methoxy groups -OCH3 is 1. The van der Waals surface area contributed by atoms with E-state index in [9.17, 15) is 5.11 Å². The lowest BCUT2D eigenvalue weighted by atomic mass is 10.1. The van der Waals surface area contributed by atoms with Crippen molar-refractivity contribution in [3.63, 3.8) is 0 Å². The van der Waals surface area contributed by atoms with Gasteiger partial charge in [-0.2, -0.15) is 0 Å². The number of hydrogen-bond donors (Lipinski definition) is 1. The fraction of sp³-hybridized carbons (Fsp3) is 0.304. The lowest BCUT2D eigenvalue weighted by Gasteiger charge is -2.10. The first kappa shape index (κ1) is 16.5. The predicted molar refractivity (Wildman–Crippen MR) is 106 cm³/mol. The standard InChI is InChI=1S/C23H22NO3/c1-26-20-7-4-8-21-22(20)17(11-12-25)23(27-21)19-13-16-5-2-3-6-18(16)24(19)14-15-9-10-15/h2-3,5-8,13,15,25H,9-12,14H2,1H3. The van der Waals surface area contributed by atoms with Gasteiger partial charge < -0.3 is 18.8 Å². The van der Waals surface area contributed by atoms with Gasteiger partial charge in [0.15, 0.2) is 5.76 Å². The molecule has 0 atom stereocenters. The Balaban J connectivity index is 1.79. The zero-order valence-corrected chi connectivity index (χ0v) is 15.4. The minimum atomic E-state index is 0.0618. The van der Waals surface area contributed by atoms with E-state index < -0.39 is 0 Å². The number of furan rings is 1. The van der Waals surface area contributed by atoms with Gasteiger partial charge in [0.1, 0.15) is 11.3 Å². The molecule has 1 saturated carbocycles. The van der Waals surface area contributed by atoms with E-state index in [2.05, 4.69) is 41.0 Å². The summed E-state index contributed by atoms with van der Waals surface area (Å²) >= 11 is 0. The van der Waals surface area contributed by atoms with Gasteiger partial charge in [0.25, 0.3) is 0 Å². The van der Waals surface area contributed by atoms with Crippen molar-refractivity contribution in [2.45, 2.75) is 25.8 Å². The van der Waals surface area contributed by atoms with E-state index in [-0.39, 0.29) is 6.61 Å². The summed E-state index contributed by atoms with van der Waals surface area (Å²) in [4.78, 5) is 0. The Hall–Kier alpha value is -2.72. The van der Waals surface area contributed by atoms with Crippen molar-refractivity contribution in [1.29, 1.82) is 0 Å². The molecule has 2 heterocycles. The van der Waals surface area contributed by atoms with Crippen LogP contribution in [0.25, 0.3) is 33.3 Å². The monoisotopic (exact) mass is 360 g/mol. The number of rotatable bonds is 6. The molecule has 2 aromatic carbocycles. The SMILES string of the molecule is COc1c[c]cc2oc(-c3cc4ccccc4n3CC3CC3)c(CCO)c12. The molecule has 137 valence electrons. The van der Waals surface area contributed by atoms with Crippen LogP contribution in [0.2, 0.25) is 0 Å². The van der Waals surface area contributed by atoms with Crippen LogP contribution in [0.1, 0.15) is 18.4 Å². The lowest BCUT2D eigenvalue weighted by Crippen LogP contribution is -2.03. The van der Waals surface area contributed by atoms with Gasteiger partial charge in [-0.1, -0.05) is 18.2 Å². The summed E-state index contributed by atoms with van der Waals surface area (Å²) in [6.45, 7) is 1.06. The number of ether oxygens (including phenoxy) is 1. The first-order chi connectivity index (χ1) is 13.3. The molecule has 4 nitrogen and oxygen atoms in total. The first-order valence-corrected chi connectivity index (χ1v) is 9.49. The molecule has 5 rings (SSSR count). The maximum absolute atomic E-state index is 9.70. The molecule has 0 aliphatic heterocycles. The fourth-order valence-corrected chi connectivity index (χ4v) is 3.99. The van der Waals surface area contributed by atoms with Crippen molar-refractivity contribution in [3.8, 4) is 17.2 Å². The molecule has 27 heavy (non-hydrogen) atoms. The summed E-state index contributed by atoms with van der Waals surface area (Å²) in [6, 6.07) is 17.4. The first-order valence-electron chi connectivity index (χ1n) is 9.49. The third kappa shape index (κ3) is 2.72. The van der Waals surface area contributed by atoms with E-state index in [1.165, 1.54) is 23.7 Å². The van der Waals surface area contributed by atoms with Crippen molar-refractivity contribution in [3.05, 3.63) is 54.1 Å². The number of benzene rings is 2. The fourth-order valence-electron chi connectivity index (χ4n) is 3.99. The molecule has 0 spiro atoms. The van der Waals surface area contributed by atoms with Gasteiger partial charge in [0.2, 0.25) is 0 Å². The summed E-state index contributed by atoms with van der Waals surface area (Å²) in [5.41, 5.74) is 4.05. The summed E-state index contributed by atoms with van der Waals surface area (Å²) in [7, 11) is 1.65. The maximum Gasteiger partial charge on any atom is 0.155 e. The van der Waals surface area contributed by atoms with Crippen LogP contribution >= 0.6 is 0 Å². The predicted octanol–water partition coefficient (Wildman–Crippen LogP) is 4.81. The summed E-state index contributed by atoms with van der Waals surface area (Å²) in [6.07, 6.45) is 3.10. The highest BCUT2D eigenvalue weighted by Gasteiger charge is 2.27. The highest BCUT2D eigenvalue weighted by molar-refractivity contribution is 5.95. The Kier molecular flexibility index (Phi) is 3.94. The van der Waals surface area contributed by atoms with E-state index in [0.29, 0.717) is 6.42 Å². The Morgan fingerprint density at radius 3 is 2.89 bits per heavy atom. The van der Waals surface area contributed by atoms with E-state index in [1.807, 2.05) is 12.1 Å². The second-order valence-electron chi connectivity index (χ2n) is 7.29. The van der Waals surface area contributed by atoms with Gasteiger partial charge in [0, 0.05) is 36.0 Å². The van der Waals surface area contributed by atoms with Gasteiger partial charge in [0.05, 0.1) is 18.2 Å². The molecule has 4 aromatic rings. The average Bonchev–Trinajstić information content (AvgIpc) is 3.34. The number of fused-ring (bicyclic) bond motifs is 2. The second kappa shape index (κ2) is 6.46. The molecule has 4 heteroatoms. The molecule has 1 fully saturated rings. The number of aromatic nitrogens is 1. The molecule has 0 amide bonds. The number of para-hydroxylation sites is 1. The van der Waals surface area contributed by atoms with Gasteiger partial charge in [-0.15, -0.1) is 0 Å². The van der Waals surface area contributed by atoms with E-state index >= 15 is 0 Å². The molecule has 1 aliphatic rings. The van der Waals surface area contributed by atoms with Gasteiger partial charge >= 0.3 is 0 Å². The van der Waals surface area contributed by atoms with E-state index in [1.54, 1.807) is 7.11 Å². The van der Waals surface area contributed by atoms with Crippen LogP contribution in [0, 0.1) is 12.0 Å². The Bertz CT molecular complexity index is 1120. The zero-order chi connectivity index (χ0) is 18.4. The van der Waals surface area contributed by atoms with Crippen molar-refractivity contribution in [2.24, 2.45) is 5.92 Å². The molecule has 1 N–H and O–H groups in total. The van der Waals surface area contributed by atoms with Crippen LogP contribution in [-0.4, -0.2) is 23.4 Å². The smallest absolute Gasteiger partial charge is 0.155 e. The van der Waals surface area contributed by atoms with Crippen molar-refractivity contribution in [2.75, 3.05) is 13.7 Å². The third-order valence-electron chi connectivity index (χ3n) is 5.47. The highest BCUT2D eigenvalue weighted by Crippen LogP contribution is 2.42. The third-order valence-corrected chi connectivity index (χ3v) is 5.47. The van der Waals surface area contributed by atoms with Crippen LogP contribution < -0.4 is 4.74 Å². The Labute approximate surface area is 158 Å². The molecule has 1 aliphatic carbocycles. The lowest BCUT2D eigenvalue weighted by molar-refractivity contribution is 0.299. The largest absolute Gasteiger partial charge is 0.496 e. The van der Waals surface area contributed by atoms with Crippen LogP contribution in [-0.2, 0) is 13.0 Å². The summed E-state index contributed by atoms with van der Waals surface area (Å²) < 4.78 is 14.2. The Morgan fingerprint density at radius 2 is 2.11 bits per heavy atom. The molecular formula is C23H22NO3. The highest BCUT2D eigenvalue weighted by atomic mass is 16.5. The van der Waals surface area contributed by atoms with Crippen LogP contribution in [0.3, 0.4) is 0 Å². The topological polar surface area (TPSA) is 47.5 Å². The average molecular weight is 360 g/mol. The van der Waals surface area contributed by atoms with Gasteiger partial charge in [-0.05, 0) is 49.1 Å². The zero-order valence-electron chi connectivity index (χ0n) is 15.4. The number of nitrogens with zero attached hydrogens (tertiary/aromatic N) is 1. The normalized spacial score (nSPS) is 14.3. The van der Waals surface area contributed by atoms with E-state index in [4.69, 9.17) is 9.15 Å². The number of aliphatic hydroxyl groups excluding tert-OH is 1. The second-order valence-corrected chi connectivity index (χ2v) is 7.29. The van der Waals surface area contributed by atoms with Crippen molar-refractivity contribution >= 4 is 21.9 Å². The molecule has 2 aromatic heterocycles. The van der Waals surface area contributed by atoms with Crippen molar-refractivity contribution in [1.82, 2.24) is 4.57 Å². The quantitative estimate of drug-likeness (QED) is 0.537. The van der Waals surface area contributed by atoms with E-state index in [0.717, 1.165) is 46.2 Å². The minimum Gasteiger partial charge on any atom is -0.496 e. The van der Waals surface area contributed by atoms with Gasteiger partial charge in [-0.25, -0.2) is 0 Å². The molecule has 0 bridgehead atoms. The van der Waals surface area contributed by atoms with Gasteiger partial charge in [-0.3, -0.25) is 0 Å². The maximum atomic E-state index is 9.70. The molecule has 0 saturated heterocycles. The van der Waals surface area contributed by atoms with Crippen LogP contribution in [0.5, 0.6) is 5.75 Å². The minimum absolute atomic E-state index is 0.0618. The van der Waals surface area contributed by atoms with Crippen molar-refractivity contribution < 1.29 is 14.3 Å². The number of hydrogen-bond acceptors (Lipinski definition) is 3. The molecule has 0 unspecified atom stereocenters. The summed E-state index contributed by atoms with van der Waals surface area (Å²) in [5.74, 6) is 2.30.